The number of carbonyl (C=O) groups is 2. The van der Waals surface area contributed by atoms with Crippen LogP contribution in [0.5, 0.6) is 5.75 Å². The number of nitrogens with zero attached hydrogens (tertiary/aromatic N) is 3. The molecular formula is C24H24N4O3. The predicted molar refractivity (Wildman–Crippen MR) is 120 cm³/mol. The first kappa shape index (κ1) is 20.4. The number of carbonyl (C=O) groups excluding carboxylic acids is 2. The van der Waals surface area contributed by atoms with Crippen molar-refractivity contribution in [2.75, 3.05) is 24.8 Å². The predicted octanol–water partition coefficient (Wildman–Crippen LogP) is 3.35. The average Bonchev–Trinajstić information content (AvgIpc) is 2.85. The van der Waals surface area contributed by atoms with Gasteiger partial charge in [-0.3, -0.25) is 9.59 Å². The summed E-state index contributed by atoms with van der Waals surface area (Å²) in [6, 6.07) is 16.0. The zero-order valence-corrected chi connectivity index (χ0v) is 17.7. The van der Waals surface area contributed by atoms with Crippen LogP contribution in [0.25, 0.3) is 11.1 Å². The van der Waals surface area contributed by atoms with Gasteiger partial charge in [0.2, 0.25) is 5.91 Å². The molecule has 31 heavy (non-hydrogen) atoms. The van der Waals surface area contributed by atoms with E-state index in [1.807, 2.05) is 42.5 Å². The van der Waals surface area contributed by atoms with E-state index in [9.17, 15) is 9.59 Å². The summed E-state index contributed by atoms with van der Waals surface area (Å²) >= 11 is 0. The molecular weight excluding hydrogens is 392 g/mol. The standard InChI is InChI=1S/C24H24N4O3/c1-15-23(29)27(2)21-12-17(18-9-10-26-22(25)13-18)7-8-20(21)24(30)28(15)14-16-5-4-6-19(11-16)31-3/h4-13,15H,14H2,1-3H3,(H2,25,26)/t15-/m1/s1. The van der Waals surface area contributed by atoms with E-state index in [1.54, 1.807) is 49.2 Å². The molecule has 3 aromatic rings. The lowest BCUT2D eigenvalue weighted by Gasteiger charge is -2.27. The Labute approximate surface area is 181 Å². The van der Waals surface area contributed by atoms with E-state index in [0.717, 1.165) is 16.7 Å². The zero-order chi connectivity index (χ0) is 22.1. The van der Waals surface area contributed by atoms with Crippen LogP contribution in [-0.4, -0.2) is 41.9 Å². The third-order valence-electron chi connectivity index (χ3n) is 5.61. The summed E-state index contributed by atoms with van der Waals surface area (Å²) in [6.07, 6.45) is 1.63. The van der Waals surface area contributed by atoms with Crippen LogP contribution in [0.3, 0.4) is 0 Å². The van der Waals surface area contributed by atoms with Crippen LogP contribution in [-0.2, 0) is 11.3 Å². The summed E-state index contributed by atoms with van der Waals surface area (Å²) in [4.78, 5) is 33.8. The summed E-state index contributed by atoms with van der Waals surface area (Å²) in [5.74, 6) is 0.772. The molecule has 0 aliphatic carbocycles. The number of nitrogen functional groups attached to an aromatic ring is 1. The first-order chi connectivity index (χ1) is 14.9. The Morgan fingerprint density at radius 1 is 1.06 bits per heavy atom. The minimum atomic E-state index is -0.615. The van der Waals surface area contributed by atoms with Crippen LogP contribution in [0.15, 0.2) is 60.8 Å². The van der Waals surface area contributed by atoms with Crippen molar-refractivity contribution in [2.45, 2.75) is 19.5 Å². The van der Waals surface area contributed by atoms with Crippen LogP contribution >= 0.6 is 0 Å². The third-order valence-corrected chi connectivity index (χ3v) is 5.61. The van der Waals surface area contributed by atoms with Crippen molar-refractivity contribution in [3.8, 4) is 16.9 Å². The smallest absolute Gasteiger partial charge is 0.256 e. The van der Waals surface area contributed by atoms with E-state index in [0.29, 0.717) is 29.4 Å². The topological polar surface area (TPSA) is 88.8 Å². The average molecular weight is 416 g/mol. The molecule has 1 aliphatic heterocycles. The number of benzene rings is 2. The fraction of sp³-hybridized carbons (Fsp3) is 0.208. The first-order valence-corrected chi connectivity index (χ1v) is 9.96. The Morgan fingerprint density at radius 3 is 2.58 bits per heavy atom. The van der Waals surface area contributed by atoms with Crippen LogP contribution in [0.1, 0.15) is 22.8 Å². The minimum absolute atomic E-state index is 0.151. The monoisotopic (exact) mass is 416 g/mol. The number of hydrogen-bond donors (Lipinski definition) is 1. The van der Waals surface area contributed by atoms with Gasteiger partial charge in [-0.15, -0.1) is 0 Å². The highest BCUT2D eigenvalue weighted by atomic mass is 16.5. The number of fused-ring (bicyclic) bond motifs is 1. The first-order valence-electron chi connectivity index (χ1n) is 9.96. The highest BCUT2D eigenvalue weighted by Crippen LogP contribution is 2.33. The molecule has 158 valence electrons. The van der Waals surface area contributed by atoms with Crippen molar-refractivity contribution in [3.05, 3.63) is 71.9 Å². The van der Waals surface area contributed by atoms with Gasteiger partial charge in [0.05, 0.1) is 18.4 Å². The lowest BCUT2D eigenvalue weighted by atomic mass is 10.0. The van der Waals surface area contributed by atoms with Gasteiger partial charge >= 0.3 is 0 Å². The molecule has 7 heteroatoms. The molecule has 0 saturated heterocycles. The summed E-state index contributed by atoms with van der Waals surface area (Å²) in [7, 11) is 3.30. The normalized spacial score (nSPS) is 16.2. The lowest BCUT2D eigenvalue weighted by Crippen LogP contribution is -2.45. The van der Waals surface area contributed by atoms with Gasteiger partial charge < -0.3 is 20.3 Å². The molecule has 2 N–H and O–H groups in total. The Balaban J connectivity index is 1.75. The Morgan fingerprint density at radius 2 is 1.84 bits per heavy atom. The van der Waals surface area contributed by atoms with Crippen molar-refractivity contribution < 1.29 is 14.3 Å². The molecule has 0 bridgehead atoms. The second kappa shape index (κ2) is 8.10. The van der Waals surface area contributed by atoms with Gasteiger partial charge in [0.15, 0.2) is 0 Å². The number of likely N-dealkylation sites (N-methyl/N-ethyl adjacent to an activating group) is 1. The van der Waals surface area contributed by atoms with E-state index < -0.39 is 6.04 Å². The van der Waals surface area contributed by atoms with E-state index in [-0.39, 0.29) is 11.8 Å². The SMILES string of the molecule is COc1cccc(CN2C(=O)c3ccc(-c4ccnc(N)c4)cc3N(C)C(=O)[C@H]2C)c1. The van der Waals surface area contributed by atoms with Crippen molar-refractivity contribution in [2.24, 2.45) is 0 Å². The van der Waals surface area contributed by atoms with Gasteiger partial charge in [0, 0.05) is 19.8 Å². The van der Waals surface area contributed by atoms with Crippen LogP contribution in [0.2, 0.25) is 0 Å². The van der Waals surface area contributed by atoms with Crippen molar-refractivity contribution >= 4 is 23.3 Å². The second-order valence-electron chi connectivity index (χ2n) is 7.56. The number of amides is 2. The highest BCUT2D eigenvalue weighted by molar-refractivity contribution is 6.11. The molecule has 0 radical (unpaired) electrons. The molecule has 2 amide bonds. The fourth-order valence-corrected chi connectivity index (χ4v) is 3.84. The highest BCUT2D eigenvalue weighted by Gasteiger charge is 2.35. The van der Waals surface area contributed by atoms with Gasteiger partial charge in [0.1, 0.15) is 17.6 Å². The number of hydrogen-bond acceptors (Lipinski definition) is 5. The van der Waals surface area contributed by atoms with Gasteiger partial charge in [-0.1, -0.05) is 18.2 Å². The molecule has 0 fully saturated rings. The van der Waals surface area contributed by atoms with E-state index in [1.165, 1.54) is 0 Å². The number of nitrogens with two attached hydrogens (primary N) is 1. The largest absolute Gasteiger partial charge is 0.497 e. The molecule has 4 rings (SSSR count). The number of methoxy groups -OCH3 is 1. The molecule has 7 nitrogen and oxygen atoms in total. The molecule has 1 aliphatic rings. The van der Waals surface area contributed by atoms with Crippen LogP contribution in [0, 0.1) is 0 Å². The lowest BCUT2D eigenvalue weighted by molar-refractivity contribution is -0.122. The summed E-state index contributed by atoms with van der Waals surface area (Å²) in [6.45, 7) is 2.06. The van der Waals surface area contributed by atoms with E-state index in [4.69, 9.17) is 10.5 Å². The van der Waals surface area contributed by atoms with Crippen molar-refractivity contribution in [3.63, 3.8) is 0 Å². The molecule has 2 aromatic carbocycles. The van der Waals surface area contributed by atoms with Gasteiger partial charge in [-0.05, 0) is 60.0 Å². The van der Waals surface area contributed by atoms with E-state index >= 15 is 0 Å². The van der Waals surface area contributed by atoms with Gasteiger partial charge in [-0.25, -0.2) is 4.98 Å². The maximum Gasteiger partial charge on any atom is 0.256 e. The molecule has 0 spiro atoms. The van der Waals surface area contributed by atoms with Crippen molar-refractivity contribution in [1.29, 1.82) is 0 Å². The summed E-state index contributed by atoms with van der Waals surface area (Å²) in [5, 5.41) is 0. The summed E-state index contributed by atoms with van der Waals surface area (Å²) < 4.78 is 5.29. The van der Waals surface area contributed by atoms with Crippen LogP contribution in [0.4, 0.5) is 11.5 Å². The molecule has 0 saturated carbocycles. The number of rotatable bonds is 4. The van der Waals surface area contributed by atoms with Gasteiger partial charge in [0.25, 0.3) is 5.91 Å². The Kier molecular flexibility index (Phi) is 5.33. The Hall–Kier alpha value is -3.87. The maximum absolute atomic E-state index is 13.5. The fourth-order valence-electron chi connectivity index (χ4n) is 3.84. The third kappa shape index (κ3) is 3.82. The number of pyridine rings is 1. The second-order valence-corrected chi connectivity index (χ2v) is 7.56. The molecule has 0 unspecified atom stereocenters. The van der Waals surface area contributed by atoms with Crippen molar-refractivity contribution in [1.82, 2.24) is 9.88 Å². The van der Waals surface area contributed by atoms with Crippen LogP contribution < -0.4 is 15.4 Å². The number of anilines is 2. The Bertz CT molecular complexity index is 1160. The minimum Gasteiger partial charge on any atom is -0.497 e. The van der Waals surface area contributed by atoms with Gasteiger partial charge in [-0.2, -0.15) is 0 Å². The maximum atomic E-state index is 13.5. The molecule has 1 atom stereocenters. The zero-order valence-electron chi connectivity index (χ0n) is 17.7. The number of ether oxygens (including phenoxy) is 1. The molecule has 2 heterocycles. The van der Waals surface area contributed by atoms with E-state index in [2.05, 4.69) is 4.98 Å². The number of aromatic nitrogens is 1. The molecule has 1 aromatic heterocycles. The summed E-state index contributed by atoms with van der Waals surface area (Å²) in [5.41, 5.74) is 9.48. The quantitative estimate of drug-likeness (QED) is 0.705.